The summed E-state index contributed by atoms with van der Waals surface area (Å²) in [7, 11) is -2.90. The van der Waals surface area contributed by atoms with E-state index in [-0.39, 0.29) is 17.8 Å². The largest absolute Gasteiger partial charge is 0.396 e. The molecule has 0 amide bonds. The number of nitrogens with one attached hydrogen (secondary N) is 1. The molecule has 0 aromatic heterocycles. The van der Waals surface area contributed by atoms with E-state index >= 15 is 0 Å². The normalized spacial score (nSPS) is 29.4. The predicted octanol–water partition coefficient (Wildman–Crippen LogP) is -0.607. The molecule has 0 saturated carbocycles. The van der Waals surface area contributed by atoms with Crippen LogP contribution in [0.1, 0.15) is 12.8 Å². The average Bonchev–Trinajstić information content (AvgIpc) is 2.49. The molecule has 1 saturated heterocycles. The van der Waals surface area contributed by atoms with E-state index in [2.05, 4.69) is 5.32 Å². The fraction of sp³-hybridized carbons (Fsp3) is 1.00. The van der Waals surface area contributed by atoms with Crippen molar-refractivity contribution in [3.8, 4) is 0 Å². The van der Waals surface area contributed by atoms with Crippen LogP contribution in [0.5, 0.6) is 0 Å². The maximum absolute atomic E-state index is 10.9. The van der Waals surface area contributed by atoms with E-state index in [0.29, 0.717) is 6.42 Å². The predicted molar refractivity (Wildman–Crippen MR) is 51.3 cm³/mol. The Labute approximate surface area is 79.3 Å². The molecule has 1 aliphatic heterocycles. The van der Waals surface area contributed by atoms with E-state index < -0.39 is 9.84 Å². The Hall–Kier alpha value is -0.130. The Morgan fingerprint density at radius 3 is 2.62 bits per heavy atom. The molecule has 0 bridgehead atoms. The van der Waals surface area contributed by atoms with E-state index in [0.717, 1.165) is 19.5 Å². The van der Waals surface area contributed by atoms with Gasteiger partial charge in [-0.2, -0.15) is 0 Å². The van der Waals surface area contributed by atoms with Gasteiger partial charge in [0.15, 0.2) is 0 Å². The molecular weight excluding hydrogens is 190 g/mol. The molecule has 0 aromatic carbocycles. The number of hydrogen-bond acceptors (Lipinski definition) is 4. The van der Waals surface area contributed by atoms with E-state index in [1.807, 2.05) is 0 Å². The highest BCUT2D eigenvalue weighted by atomic mass is 32.2. The van der Waals surface area contributed by atoms with Crippen molar-refractivity contribution in [1.82, 2.24) is 5.32 Å². The molecule has 0 radical (unpaired) electrons. The summed E-state index contributed by atoms with van der Waals surface area (Å²) in [5.41, 5.74) is -0.191. The van der Waals surface area contributed by atoms with Crippen LogP contribution in [-0.2, 0) is 9.84 Å². The van der Waals surface area contributed by atoms with Crippen LogP contribution in [0.3, 0.4) is 0 Å². The SMILES string of the molecule is CS(=O)(=O)CCC1(CO)CCNC1. The molecule has 0 spiro atoms. The Balaban J connectivity index is 2.50. The van der Waals surface area contributed by atoms with Gasteiger partial charge in [-0.1, -0.05) is 0 Å². The van der Waals surface area contributed by atoms with Crippen LogP contribution >= 0.6 is 0 Å². The third-order valence-electron chi connectivity index (χ3n) is 2.67. The summed E-state index contributed by atoms with van der Waals surface area (Å²) in [6.45, 7) is 1.69. The van der Waals surface area contributed by atoms with Gasteiger partial charge in [0.1, 0.15) is 9.84 Å². The number of sulfone groups is 1. The van der Waals surface area contributed by atoms with Gasteiger partial charge in [0.2, 0.25) is 0 Å². The second kappa shape index (κ2) is 3.94. The molecule has 1 aliphatic rings. The second-order valence-corrected chi connectivity index (χ2v) is 6.22. The first-order chi connectivity index (χ1) is 5.97. The zero-order valence-electron chi connectivity index (χ0n) is 7.91. The monoisotopic (exact) mass is 207 g/mol. The number of aliphatic hydroxyl groups excluding tert-OH is 1. The van der Waals surface area contributed by atoms with Crippen molar-refractivity contribution in [3.63, 3.8) is 0 Å². The molecule has 0 aliphatic carbocycles. The number of rotatable bonds is 4. The third-order valence-corrected chi connectivity index (χ3v) is 3.62. The Kier molecular flexibility index (Phi) is 3.32. The van der Waals surface area contributed by atoms with Gasteiger partial charge in [-0.25, -0.2) is 8.42 Å². The van der Waals surface area contributed by atoms with E-state index in [9.17, 15) is 13.5 Å². The van der Waals surface area contributed by atoms with Crippen LogP contribution in [0.15, 0.2) is 0 Å². The highest BCUT2D eigenvalue weighted by molar-refractivity contribution is 7.90. The van der Waals surface area contributed by atoms with Gasteiger partial charge < -0.3 is 10.4 Å². The van der Waals surface area contributed by atoms with Crippen molar-refractivity contribution >= 4 is 9.84 Å². The summed E-state index contributed by atoms with van der Waals surface area (Å²) in [6, 6.07) is 0. The summed E-state index contributed by atoms with van der Waals surface area (Å²) in [4.78, 5) is 0. The van der Waals surface area contributed by atoms with Crippen molar-refractivity contribution in [2.75, 3.05) is 31.7 Å². The smallest absolute Gasteiger partial charge is 0.147 e. The molecule has 1 fully saturated rings. The van der Waals surface area contributed by atoms with Crippen LogP contribution in [0.4, 0.5) is 0 Å². The van der Waals surface area contributed by atoms with E-state index in [1.54, 1.807) is 0 Å². The molecule has 2 N–H and O–H groups in total. The minimum Gasteiger partial charge on any atom is -0.396 e. The number of hydrogen-bond donors (Lipinski definition) is 2. The lowest BCUT2D eigenvalue weighted by molar-refractivity contribution is 0.139. The van der Waals surface area contributed by atoms with Crippen molar-refractivity contribution < 1.29 is 13.5 Å². The second-order valence-electron chi connectivity index (χ2n) is 3.96. The van der Waals surface area contributed by atoms with Crippen molar-refractivity contribution in [2.45, 2.75) is 12.8 Å². The van der Waals surface area contributed by atoms with Crippen LogP contribution in [0.25, 0.3) is 0 Å². The molecule has 5 heteroatoms. The van der Waals surface area contributed by atoms with Crippen molar-refractivity contribution in [2.24, 2.45) is 5.41 Å². The van der Waals surface area contributed by atoms with E-state index in [4.69, 9.17) is 0 Å². The van der Waals surface area contributed by atoms with Gasteiger partial charge in [-0.05, 0) is 19.4 Å². The third kappa shape index (κ3) is 3.25. The fourth-order valence-corrected chi connectivity index (χ4v) is 2.43. The molecule has 1 unspecified atom stereocenters. The highest BCUT2D eigenvalue weighted by Crippen LogP contribution is 2.29. The van der Waals surface area contributed by atoms with Gasteiger partial charge in [0, 0.05) is 24.8 Å². The molecule has 0 aromatic rings. The zero-order valence-corrected chi connectivity index (χ0v) is 8.73. The molecule has 1 rings (SSSR count). The molecule has 1 heterocycles. The Morgan fingerprint density at radius 2 is 2.23 bits per heavy atom. The van der Waals surface area contributed by atoms with Gasteiger partial charge in [0.25, 0.3) is 0 Å². The fourth-order valence-electron chi connectivity index (χ4n) is 1.62. The summed E-state index contributed by atoms with van der Waals surface area (Å²) < 4.78 is 21.9. The molecule has 4 nitrogen and oxygen atoms in total. The van der Waals surface area contributed by atoms with Gasteiger partial charge in [0.05, 0.1) is 5.75 Å². The van der Waals surface area contributed by atoms with Crippen LogP contribution < -0.4 is 5.32 Å². The molecule has 13 heavy (non-hydrogen) atoms. The van der Waals surface area contributed by atoms with E-state index in [1.165, 1.54) is 6.26 Å². The minimum absolute atomic E-state index is 0.0789. The van der Waals surface area contributed by atoms with Crippen LogP contribution in [0, 0.1) is 5.41 Å². The van der Waals surface area contributed by atoms with Crippen LogP contribution in [-0.4, -0.2) is 45.2 Å². The first-order valence-electron chi connectivity index (χ1n) is 4.47. The Morgan fingerprint density at radius 1 is 1.54 bits per heavy atom. The lowest BCUT2D eigenvalue weighted by Crippen LogP contribution is -2.30. The maximum atomic E-state index is 10.9. The summed E-state index contributed by atoms with van der Waals surface area (Å²) >= 11 is 0. The summed E-state index contributed by atoms with van der Waals surface area (Å²) in [6.07, 6.45) is 2.68. The summed E-state index contributed by atoms with van der Waals surface area (Å²) in [5, 5.41) is 12.3. The molecule has 1 atom stereocenters. The van der Waals surface area contributed by atoms with Gasteiger partial charge in [-0.3, -0.25) is 0 Å². The van der Waals surface area contributed by atoms with Crippen molar-refractivity contribution in [3.05, 3.63) is 0 Å². The topological polar surface area (TPSA) is 66.4 Å². The Bertz CT molecular complexity index is 255. The average molecular weight is 207 g/mol. The number of aliphatic hydroxyl groups is 1. The lowest BCUT2D eigenvalue weighted by atomic mass is 9.85. The standard InChI is InChI=1S/C8H17NO3S/c1-13(11,12)5-3-8(7-10)2-4-9-6-8/h9-10H,2-7H2,1H3. The quantitative estimate of drug-likeness (QED) is 0.645. The first-order valence-corrected chi connectivity index (χ1v) is 6.53. The molecule has 78 valence electrons. The van der Waals surface area contributed by atoms with Gasteiger partial charge >= 0.3 is 0 Å². The first kappa shape index (κ1) is 10.9. The molecular formula is C8H17NO3S. The zero-order chi connectivity index (χ0) is 9.95. The maximum Gasteiger partial charge on any atom is 0.147 e. The van der Waals surface area contributed by atoms with Gasteiger partial charge in [-0.15, -0.1) is 0 Å². The van der Waals surface area contributed by atoms with Crippen LogP contribution in [0.2, 0.25) is 0 Å². The van der Waals surface area contributed by atoms with Crippen molar-refractivity contribution in [1.29, 1.82) is 0 Å². The highest BCUT2D eigenvalue weighted by Gasteiger charge is 2.33. The minimum atomic E-state index is -2.90. The lowest BCUT2D eigenvalue weighted by Gasteiger charge is -2.24. The summed E-state index contributed by atoms with van der Waals surface area (Å²) in [5.74, 6) is 0.176.